The van der Waals surface area contributed by atoms with Gasteiger partial charge in [0.05, 0.1) is 5.69 Å². The Labute approximate surface area is 154 Å². The molecule has 0 aliphatic heterocycles. The molecule has 0 amide bonds. The smallest absolute Gasteiger partial charge is 0.224 e. The monoisotopic (exact) mass is 363 g/mol. The molecule has 0 aliphatic rings. The lowest BCUT2D eigenvalue weighted by Gasteiger charge is -2.09. The Morgan fingerprint density at radius 1 is 0.889 bits per heavy atom. The van der Waals surface area contributed by atoms with E-state index in [1.54, 1.807) is 48.5 Å². The molecule has 0 radical (unpaired) electrons. The van der Waals surface area contributed by atoms with Gasteiger partial charge in [0.1, 0.15) is 6.10 Å². The second-order valence-electron chi connectivity index (χ2n) is 5.63. The third-order valence-electron chi connectivity index (χ3n) is 3.74. The van der Waals surface area contributed by atoms with E-state index in [-0.39, 0.29) is 23.3 Å². The van der Waals surface area contributed by atoms with Gasteiger partial charge in [-0.25, -0.2) is 0 Å². The van der Waals surface area contributed by atoms with Crippen molar-refractivity contribution in [3.05, 3.63) is 65.7 Å². The van der Waals surface area contributed by atoms with Crippen molar-refractivity contribution in [2.75, 3.05) is 17.2 Å². The number of hydrogen-bond donors (Lipinski definition) is 4. The van der Waals surface area contributed by atoms with E-state index in [0.29, 0.717) is 16.8 Å². The number of carbonyl (C=O) groups excluding carboxylic acids is 1. The zero-order chi connectivity index (χ0) is 19.4. The van der Waals surface area contributed by atoms with Gasteiger partial charge in [0.25, 0.3) is 0 Å². The van der Waals surface area contributed by atoms with Crippen molar-refractivity contribution >= 4 is 34.7 Å². The fraction of sp³-hybridized carbons (Fsp3) is 0.0556. The first-order valence-electron chi connectivity index (χ1n) is 7.93. The Hall–Kier alpha value is -3.85. The summed E-state index contributed by atoms with van der Waals surface area (Å²) in [4.78, 5) is 19.9. The number of aliphatic hydroxyl groups is 1. The Morgan fingerprint density at radius 3 is 2.07 bits per heavy atom. The zero-order valence-electron chi connectivity index (χ0n) is 14.1. The van der Waals surface area contributed by atoms with E-state index in [4.69, 9.17) is 17.2 Å². The number of aliphatic hydroxyl groups excluding tert-OH is 1. The number of hydrogen-bond acceptors (Lipinski definition) is 9. The number of nitrogens with two attached hydrogens (primary N) is 3. The van der Waals surface area contributed by atoms with Crippen LogP contribution in [0, 0.1) is 0 Å². The van der Waals surface area contributed by atoms with Crippen LogP contribution in [-0.2, 0) is 0 Å². The fourth-order valence-corrected chi connectivity index (χ4v) is 2.36. The van der Waals surface area contributed by atoms with Crippen molar-refractivity contribution in [1.82, 2.24) is 9.97 Å². The lowest BCUT2D eigenvalue weighted by atomic mass is 10.00. The number of aromatic nitrogens is 2. The molecular weight excluding hydrogens is 346 g/mol. The van der Waals surface area contributed by atoms with E-state index in [2.05, 4.69) is 20.2 Å². The molecule has 0 bridgehead atoms. The number of nitrogens with zero attached hydrogens (tertiary/aromatic N) is 4. The van der Waals surface area contributed by atoms with Crippen LogP contribution in [0.15, 0.2) is 64.8 Å². The third kappa shape index (κ3) is 4.05. The quantitative estimate of drug-likeness (QED) is 0.399. The van der Waals surface area contributed by atoms with Gasteiger partial charge in [-0.1, -0.05) is 30.3 Å². The molecule has 3 aromatic rings. The predicted octanol–water partition coefficient (Wildman–Crippen LogP) is 2.55. The minimum absolute atomic E-state index is 0.0153. The molecule has 0 aliphatic carbocycles. The number of anilines is 3. The van der Waals surface area contributed by atoms with E-state index >= 15 is 0 Å². The predicted molar refractivity (Wildman–Crippen MR) is 102 cm³/mol. The summed E-state index contributed by atoms with van der Waals surface area (Å²) in [5, 5.41) is 18.1. The van der Waals surface area contributed by atoms with Crippen LogP contribution >= 0.6 is 0 Å². The van der Waals surface area contributed by atoms with Crippen molar-refractivity contribution in [1.29, 1.82) is 0 Å². The number of benzene rings is 2. The molecule has 0 spiro atoms. The highest BCUT2D eigenvalue weighted by molar-refractivity contribution is 6.00. The molecule has 0 fully saturated rings. The van der Waals surface area contributed by atoms with Crippen LogP contribution in [0.1, 0.15) is 22.0 Å². The lowest BCUT2D eigenvalue weighted by molar-refractivity contribution is 0.0747. The summed E-state index contributed by atoms with van der Waals surface area (Å²) in [5.74, 6) is -0.433. The van der Waals surface area contributed by atoms with Gasteiger partial charge < -0.3 is 22.3 Å². The molecule has 3 rings (SSSR count). The number of azo groups is 1. The normalized spacial score (nSPS) is 12.2. The van der Waals surface area contributed by atoms with E-state index < -0.39 is 11.9 Å². The van der Waals surface area contributed by atoms with Gasteiger partial charge in [-0.3, -0.25) is 4.79 Å². The average Bonchev–Trinajstić information content (AvgIpc) is 2.67. The highest BCUT2D eigenvalue weighted by Crippen LogP contribution is 2.29. The zero-order valence-corrected chi connectivity index (χ0v) is 14.1. The van der Waals surface area contributed by atoms with Crippen LogP contribution in [0.2, 0.25) is 0 Å². The maximum Gasteiger partial charge on any atom is 0.224 e. The molecule has 7 N–H and O–H groups in total. The number of rotatable bonds is 5. The molecular formula is C18H17N7O2. The molecule has 1 aromatic heterocycles. The van der Waals surface area contributed by atoms with Crippen LogP contribution in [0.4, 0.5) is 29.0 Å². The van der Waals surface area contributed by atoms with E-state index in [1.165, 1.54) is 0 Å². The minimum Gasteiger partial charge on any atom is -0.382 e. The van der Waals surface area contributed by atoms with E-state index in [1.807, 2.05) is 6.07 Å². The van der Waals surface area contributed by atoms with Crippen molar-refractivity contribution in [3.8, 4) is 0 Å². The van der Waals surface area contributed by atoms with Gasteiger partial charge in [-0.05, 0) is 29.8 Å². The first-order chi connectivity index (χ1) is 13.0. The third-order valence-corrected chi connectivity index (χ3v) is 3.74. The minimum atomic E-state index is -1.23. The Balaban J connectivity index is 1.77. The maximum absolute atomic E-state index is 12.4. The summed E-state index contributed by atoms with van der Waals surface area (Å²) in [7, 11) is 0. The second-order valence-corrected chi connectivity index (χ2v) is 5.63. The molecule has 0 saturated heterocycles. The van der Waals surface area contributed by atoms with Crippen LogP contribution < -0.4 is 17.2 Å². The number of ketones is 1. The summed E-state index contributed by atoms with van der Waals surface area (Å²) in [6, 6.07) is 15.0. The number of nitrogen functional groups attached to an aromatic ring is 3. The molecule has 1 atom stereocenters. The van der Waals surface area contributed by atoms with E-state index in [0.717, 1.165) is 0 Å². The number of Topliss-reactive ketones (excluding diaryl/α,β-unsaturated/α-hetero) is 1. The number of carbonyl (C=O) groups is 1. The van der Waals surface area contributed by atoms with Crippen LogP contribution in [0.5, 0.6) is 0 Å². The molecule has 1 unspecified atom stereocenters. The highest BCUT2D eigenvalue weighted by Gasteiger charge is 2.18. The van der Waals surface area contributed by atoms with Gasteiger partial charge in [-0.15, -0.1) is 5.11 Å². The summed E-state index contributed by atoms with van der Waals surface area (Å²) in [6.07, 6.45) is -1.23. The van der Waals surface area contributed by atoms with Gasteiger partial charge >= 0.3 is 0 Å². The molecule has 27 heavy (non-hydrogen) atoms. The summed E-state index contributed by atoms with van der Waals surface area (Å²) >= 11 is 0. The van der Waals surface area contributed by atoms with Crippen molar-refractivity contribution in [2.45, 2.75) is 6.10 Å². The molecule has 9 nitrogen and oxygen atoms in total. The maximum atomic E-state index is 12.4. The first kappa shape index (κ1) is 18.0. The van der Waals surface area contributed by atoms with E-state index in [9.17, 15) is 9.90 Å². The standard InChI is InChI=1S/C18H17N7O2/c19-16-13(17(20)23-18(21)22-16)25-24-12-8-6-11(7-9-12)15(27)14(26)10-4-2-1-3-5-10/h1-9,14,26H,(H6,19,20,21,22,23). The average molecular weight is 363 g/mol. The molecule has 0 saturated carbocycles. The second kappa shape index (κ2) is 7.58. The highest BCUT2D eigenvalue weighted by atomic mass is 16.3. The topological polar surface area (TPSA) is 166 Å². The van der Waals surface area contributed by atoms with Gasteiger partial charge in [0, 0.05) is 5.56 Å². The van der Waals surface area contributed by atoms with Crippen molar-refractivity contribution in [3.63, 3.8) is 0 Å². The van der Waals surface area contributed by atoms with Gasteiger partial charge in [0.15, 0.2) is 23.1 Å². The first-order valence-corrected chi connectivity index (χ1v) is 7.93. The Bertz CT molecular complexity index is 965. The summed E-state index contributed by atoms with van der Waals surface area (Å²) < 4.78 is 0. The Kier molecular flexibility index (Phi) is 5.04. The Morgan fingerprint density at radius 2 is 1.48 bits per heavy atom. The molecule has 2 aromatic carbocycles. The van der Waals surface area contributed by atoms with Crippen molar-refractivity contribution in [2.24, 2.45) is 10.2 Å². The fourth-order valence-electron chi connectivity index (χ4n) is 2.36. The van der Waals surface area contributed by atoms with Crippen LogP contribution in [-0.4, -0.2) is 20.9 Å². The van der Waals surface area contributed by atoms with Crippen LogP contribution in [0.3, 0.4) is 0 Å². The van der Waals surface area contributed by atoms with Crippen molar-refractivity contribution < 1.29 is 9.90 Å². The van der Waals surface area contributed by atoms with Gasteiger partial charge in [0.2, 0.25) is 5.95 Å². The van der Waals surface area contributed by atoms with Gasteiger partial charge in [-0.2, -0.15) is 15.1 Å². The SMILES string of the molecule is Nc1nc(N)c(N=Nc2ccc(C(=O)C(O)c3ccccc3)cc2)c(N)n1. The van der Waals surface area contributed by atoms with Crippen LogP contribution in [0.25, 0.3) is 0 Å². The molecule has 136 valence electrons. The molecule has 9 heteroatoms. The summed E-state index contributed by atoms with van der Waals surface area (Å²) in [6.45, 7) is 0. The lowest BCUT2D eigenvalue weighted by Crippen LogP contribution is -2.11. The summed E-state index contributed by atoms with van der Waals surface area (Å²) in [5.41, 5.74) is 18.3. The molecule has 1 heterocycles. The largest absolute Gasteiger partial charge is 0.382 e.